The summed E-state index contributed by atoms with van der Waals surface area (Å²) < 4.78 is 5.56. The number of hydrogen-bond donors (Lipinski definition) is 1. The third kappa shape index (κ3) is 3.33. The minimum absolute atomic E-state index is 0.155. The Morgan fingerprint density at radius 2 is 2.23 bits per heavy atom. The normalized spacial score (nSPS) is 14.7. The minimum Gasteiger partial charge on any atom is -0.426 e. The number of rotatable bonds is 7. The predicted molar refractivity (Wildman–Crippen MR) is 88.2 cm³/mol. The largest absolute Gasteiger partial charge is 0.426 e. The number of aromatic nitrogens is 1. The van der Waals surface area contributed by atoms with E-state index in [1.807, 2.05) is 31.3 Å². The summed E-state index contributed by atoms with van der Waals surface area (Å²) in [4.78, 5) is 17.5. The van der Waals surface area contributed by atoms with Crippen LogP contribution in [0.3, 0.4) is 0 Å². The van der Waals surface area contributed by atoms with Gasteiger partial charge in [0.15, 0.2) is 0 Å². The first-order valence-corrected chi connectivity index (χ1v) is 8.19. The lowest BCUT2D eigenvalue weighted by Crippen LogP contribution is -2.23. The monoisotopic (exact) mass is 300 g/mol. The van der Waals surface area contributed by atoms with E-state index in [1.54, 1.807) is 0 Å². The number of fused-ring (bicyclic) bond motifs is 1. The molecule has 1 N–H and O–H groups in total. The smallest absolute Gasteiger partial charge is 0.311 e. The molecule has 0 amide bonds. The van der Waals surface area contributed by atoms with Crippen molar-refractivity contribution in [1.29, 1.82) is 0 Å². The third-order valence-corrected chi connectivity index (χ3v) is 4.33. The van der Waals surface area contributed by atoms with Crippen LogP contribution in [0.2, 0.25) is 0 Å². The highest BCUT2D eigenvalue weighted by atomic mass is 16.5. The number of esters is 1. The van der Waals surface area contributed by atoms with E-state index in [-0.39, 0.29) is 5.97 Å². The molecule has 0 atom stereocenters. The highest BCUT2D eigenvalue weighted by Gasteiger charge is 2.25. The molecule has 0 radical (unpaired) electrons. The Labute approximate surface area is 131 Å². The summed E-state index contributed by atoms with van der Waals surface area (Å²) in [6.45, 7) is 3.02. The lowest BCUT2D eigenvalue weighted by atomic mass is 10.1. The van der Waals surface area contributed by atoms with E-state index in [2.05, 4.69) is 16.9 Å². The zero-order chi connectivity index (χ0) is 15.5. The molecule has 2 aromatic rings. The van der Waals surface area contributed by atoms with Crippen LogP contribution >= 0.6 is 0 Å². The van der Waals surface area contributed by atoms with Crippen molar-refractivity contribution in [3.63, 3.8) is 0 Å². The molecule has 3 rings (SSSR count). The molecular weight excluding hydrogens is 276 g/mol. The Morgan fingerprint density at radius 3 is 2.95 bits per heavy atom. The Balaban J connectivity index is 1.79. The highest BCUT2D eigenvalue weighted by Crippen LogP contribution is 2.30. The topological polar surface area (TPSA) is 45.3 Å². The van der Waals surface area contributed by atoms with Crippen LogP contribution in [-0.2, 0) is 11.2 Å². The summed E-state index contributed by atoms with van der Waals surface area (Å²) in [5.41, 5.74) is 2.26. The number of likely N-dealkylation sites (N-methyl/N-ethyl adjacent to an activating group) is 1. The highest BCUT2D eigenvalue weighted by molar-refractivity contribution is 5.91. The standard InChI is InChI=1S/C18H24N2O2/c1-3-5-17(21)22-16-7-4-6-15-18(16)13(12-19-15)10-11-20(2)14-8-9-14/h4,6-7,12,14,19H,3,5,8-11H2,1-2H3. The van der Waals surface area contributed by atoms with Gasteiger partial charge < -0.3 is 14.6 Å². The number of nitrogens with zero attached hydrogens (tertiary/aromatic N) is 1. The van der Waals surface area contributed by atoms with Gasteiger partial charge in [-0.2, -0.15) is 0 Å². The molecule has 0 spiro atoms. The average Bonchev–Trinajstić information content (AvgIpc) is 3.26. The Bertz CT molecular complexity index is 658. The average molecular weight is 300 g/mol. The Kier molecular flexibility index (Phi) is 4.48. The van der Waals surface area contributed by atoms with Crippen molar-refractivity contribution < 1.29 is 9.53 Å². The van der Waals surface area contributed by atoms with Crippen molar-refractivity contribution in [3.05, 3.63) is 30.0 Å². The van der Waals surface area contributed by atoms with Gasteiger partial charge in [-0.1, -0.05) is 13.0 Å². The Morgan fingerprint density at radius 1 is 1.41 bits per heavy atom. The van der Waals surface area contributed by atoms with Crippen LogP contribution in [0, 0.1) is 0 Å². The zero-order valence-electron chi connectivity index (χ0n) is 13.4. The first kappa shape index (κ1) is 15.1. The molecule has 0 aliphatic heterocycles. The van der Waals surface area contributed by atoms with Crippen LogP contribution in [0.5, 0.6) is 5.75 Å². The molecular formula is C18H24N2O2. The molecule has 22 heavy (non-hydrogen) atoms. The second kappa shape index (κ2) is 6.53. The fraction of sp³-hybridized carbons (Fsp3) is 0.500. The number of ether oxygens (including phenoxy) is 1. The van der Waals surface area contributed by atoms with Gasteiger partial charge >= 0.3 is 5.97 Å². The first-order chi connectivity index (χ1) is 10.7. The van der Waals surface area contributed by atoms with Gasteiger partial charge in [0.25, 0.3) is 0 Å². The summed E-state index contributed by atoms with van der Waals surface area (Å²) >= 11 is 0. The van der Waals surface area contributed by atoms with Crippen molar-refractivity contribution in [3.8, 4) is 5.75 Å². The fourth-order valence-corrected chi connectivity index (χ4v) is 2.87. The fourth-order valence-electron chi connectivity index (χ4n) is 2.87. The van der Waals surface area contributed by atoms with Gasteiger partial charge in [-0.3, -0.25) is 4.79 Å². The summed E-state index contributed by atoms with van der Waals surface area (Å²) in [5, 5.41) is 1.05. The van der Waals surface area contributed by atoms with Crippen LogP contribution < -0.4 is 4.74 Å². The molecule has 4 heteroatoms. The van der Waals surface area contributed by atoms with Gasteiger partial charge in [0.05, 0.1) is 0 Å². The molecule has 1 heterocycles. The predicted octanol–water partition coefficient (Wildman–Crippen LogP) is 3.51. The number of nitrogens with one attached hydrogen (secondary N) is 1. The van der Waals surface area contributed by atoms with Crippen LogP contribution in [0.15, 0.2) is 24.4 Å². The van der Waals surface area contributed by atoms with Gasteiger partial charge in [-0.25, -0.2) is 0 Å². The first-order valence-electron chi connectivity index (χ1n) is 8.19. The molecule has 0 saturated heterocycles. The van der Waals surface area contributed by atoms with Crippen LogP contribution in [-0.4, -0.2) is 35.5 Å². The summed E-state index contributed by atoms with van der Waals surface area (Å²) in [6.07, 6.45) is 6.92. The Hall–Kier alpha value is -1.81. The van der Waals surface area contributed by atoms with Gasteiger partial charge in [0, 0.05) is 36.1 Å². The van der Waals surface area contributed by atoms with E-state index >= 15 is 0 Å². The van der Waals surface area contributed by atoms with Crippen molar-refractivity contribution in [2.45, 2.75) is 45.1 Å². The maximum absolute atomic E-state index is 11.8. The van der Waals surface area contributed by atoms with E-state index in [0.29, 0.717) is 12.2 Å². The quantitative estimate of drug-likeness (QED) is 0.628. The number of benzene rings is 1. The molecule has 1 aromatic heterocycles. The third-order valence-electron chi connectivity index (χ3n) is 4.33. The second-order valence-electron chi connectivity index (χ2n) is 6.18. The number of H-pyrrole nitrogens is 1. The van der Waals surface area contributed by atoms with Crippen molar-refractivity contribution >= 4 is 16.9 Å². The molecule has 118 valence electrons. The van der Waals surface area contributed by atoms with Crippen LogP contribution in [0.4, 0.5) is 0 Å². The molecule has 1 aromatic carbocycles. The number of carbonyl (C=O) groups excluding carboxylic acids is 1. The van der Waals surface area contributed by atoms with Crippen LogP contribution in [0.1, 0.15) is 38.2 Å². The molecule has 0 unspecified atom stereocenters. The summed E-state index contributed by atoms with van der Waals surface area (Å²) in [5.74, 6) is 0.526. The molecule has 4 nitrogen and oxygen atoms in total. The number of aromatic amines is 1. The lowest BCUT2D eigenvalue weighted by molar-refractivity contribution is -0.134. The van der Waals surface area contributed by atoms with Crippen molar-refractivity contribution in [2.75, 3.05) is 13.6 Å². The number of hydrogen-bond acceptors (Lipinski definition) is 3. The molecule has 1 saturated carbocycles. The lowest BCUT2D eigenvalue weighted by Gasteiger charge is -2.15. The van der Waals surface area contributed by atoms with E-state index in [0.717, 1.165) is 36.3 Å². The summed E-state index contributed by atoms with van der Waals surface area (Å²) in [6, 6.07) is 6.61. The maximum atomic E-state index is 11.8. The van der Waals surface area contributed by atoms with E-state index in [1.165, 1.54) is 18.4 Å². The van der Waals surface area contributed by atoms with Crippen molar-refractivity contribution in [1.82, 2.24) is 9.88 Å². The minimum atomic E-state index is -0.155. The van der Waals surface area contributed by atoms with Crippen LogP contribution in [0.25, 0.3) is 10.9 Å². The zero-order valence-corrected chi connectivity index (χ0v) is 13.4. The van der Waals surface area contributed by atoms with Gasteiger partial charge in [-0.15, -0.1) is 0 Å². The van der Waals surface area contributed by atoms with E-state index in [9.17, 15) is 4.79 Å². The van der Waals surface area contributed by atoms with Crippen molar-refractivity contribution in [2.24, 2.45) is 0 Å². The van der Waals surface area contributed by atoms with Gasteiger partial charge in [-0.05, 0) is 50.4 Å². The van der Waals surface area contributed by atoms with E-state index in [4.69, 9.17) is 4.74 Å². The molecule has 0 bridgehead atoms. The SMILES string of the molecule is CCCC(=O)Oc1cccc2[nH]cc(CCN(C)C3CC3)c12. The maximum Gasteiger partial charge on any atom is 0.311 e. The molecule has 1 aliphatic rings. The number of carbonyl (C=O) groups is 1. The second-order valence-corrected chi connectivity index (χ2v) is 6.18. The van der Waals surface area contributed by atoms with Gasteiger partial charge in [0.1, 0.15) is 5.75 Å². The summed E-state index contributed by atoms with van der Waals surface area (Å²) in [7, 11) is 2.19. The van der Waals surface area contributed by atoms with Gasteiger partial charge in [0.2, 0.25) is 0 Å². The molecule has 1 aliphatic carbocycles. The van der Waals surface area contributed by atoms with E-state index < -0.39 is 0 Å². The molecule has 1 fully saturated rings.